The Kier molecular flexibility index (Phi) is 10.7. The van der Waals surface area contributed by atoms with Crippen LogP contribution < -0.4 is 10.6 Å². The summed E-state index contributed by atoms with van der Waals surface area (Å²) in [6.45, 7) is 0. The van der Waals surface area contributed by atoms with Gasteiger partial charge in [-0.3, -0.25) is 9.78 Å². The van der Waals surface area contributed by atoms with E-state index in [9.17, 15) is 9.90 Å². The molecule has 2 aromatic carbocycles. The summed E-state index contributed by atoms with van der Waals surface area (Å²) in [4.78, 5) is 22.3. The molecule has 1 fully saturated rings. The molecule has 3 heterocycles. The Labute approximate surface area is 250 Å². The molecule has 3 N–H and O–H groups in total. The number of aliphatic hydroxyl groups is 1. The molecule has 1 amide bonds. The predicted molar refractivity (Wildman–Crippen MR) is 171 cm³/mol. The van der Waals surface area contributed by atoms with Crippen LogP contribution in [-0.4, -0.2) is 32.0 Å². The third kappa shape index (κ3) is 8.12. The maximum atomic E-state index is 13.1. The lowest BCUT2D eigenvalue weighted by molar-refractivity contribution is -0.116. The van der Waals surface area contributed by atoms with E-state index in [2.05, 4.69) is 20.6 Å². The molecule has 4 atom stereocenters. The van der Waals surface area contributed by atoms with Gasteiger partial charge in [0.2, 0.25) is 5.91 Å². The van der Waals surface area contributed by atoms with Crippen LogP contribution in [0.1, 0.15) is 67.0 Å². The fraction of sp³-hybridized carbons (Fsp3) is 0.303. The van der Waals surface area contributed by atoms with Crippen LogP contribution in [0, 0.1) is 0 Å². The number of unbranched alkanes of at least 4 members (excludes halogenated alkanes) is 1. The molecular formula is C33H36N4O2S2. The zero-order valence-electron chi connectivity index (χ0n) is 22.9. The van der Waals surface area contributed by atoms with Crippen LogP contribution >= 0.6 is 21.6 Å². The molecule has 0 aliphatic carbocycles. The number of hydrogen-bond donors (Lipinski definition) is 3. The van der Waals surface area contributed by atoms with Gasteiger partial charge in [-0.05, 0) is 60.7 Å². The summed E-state index contributed by atoms with van der Waals surface area (Å²) in [6, 6.07) is 28.4. The second-order valence-corrected chi connectivity index (χ2v) is 13.0. The van der Waals surface area contributed by atoms with E-state index < -0.39 is 18.1 Å². The number of nitrogens with one attached hydrogen (secondary N) is 2. The van der Waals surface area contributed by atoms with Crippen molar-refractivity contribution in [2.45, 2.75) is 55.4 Å². The van der Waals surface area contributed by atoms with E-state index in [4.69, 9.17) is 0 Å². The molecule has 4 aromatic rings. The Morgan fingerprint density at radius 3 is 2.39 bits per heavy atom. The van der Waals surface area contributed by atoms with Gasteiger partial charge in [0.25, 0.3) is 0 Å². The molecule has 5 rings (SSSR count). The largest absolute Gasteiger partial charge is 0.388 e. The van der Waals surface area contributed by atoms with Crippen molar-refractivity contribution in [3.63, 3.8) is 0 Å². The number of nitrogens with zero attached hydrogens (tertiary/aromatic N) is 2. The number of carbonyl (C=O) groups is 1. The third-order valence-electron chi connectivity index (χ3n) is 7.32. The molecule has 4 unspecified atom stereocenters. The normalized spacial score (nSPS) is 17.0. The van der Waals surface area contributed by atoms with Crippen molar-refractivity contribution in [2.75, 3.05) is 16.4 Å². The lowest BCUT2D eigenvalue weighted by atomic mass is 9.82. The molecule has 1 aliphatic heterocycles. The molecule has 6 nitrogen and oxygen atoms in total. The molecule has 0 spiro atoms. The monoisotopic (exact) mass is 584 g/mol. The highest BCUT2D eigenvalue weighted by Crippen LogP contribution is 2.44. The fourth-order valence-electron chi connectivity index (χ4n) is 5.23. The van der Waals surface area contributed by atoms with Gasteiger partial charge >= 0.3 is 0 Å². The Morgan fingerprint density at radius 1 is 0.902 bits per heavy atom. The average molecular weight is 585 g/mol. The molecular weight excluding hydrogens is 549 g/mol. The molecule has 1 saturated heterocycles. The first-order valence-corrected chi connectivity index (χ1v) is 16.6. The molecule has 0 radical (unpaired) electrons. The second-order valence-electron chi connectivity index (χ2n) is 10.2. The standard InChI is InChI=1S/C33H36N4O2S2/c38-30(19-7-4-14-25-20-23-40-41-25)36-27-16-6-5-15-26(27)32(37-29-18-9-11-22-35-29)31(28-17-8-10-21-34-28)33(39)24-12-2-1-3-13-24/h1-3,5-6,8-13,15-18,21-22,25,31-33,39H,4,7,14,19-20,23H2,(H,35,37)(H,36,38). The van der Waals surface area contributed by atoms with Crippen molar-refractivity contribution in [1.82, 2.24) is 9.97 Å². The summed E-state index contributed by atoms with van der Waals surface area (Å²) < 4.78 is 0. The van der Waals surface area contributed by atoms with E-state index >= 15 is 0 Å². The number of pyridine rings is 2. The number of carbonyl (C=O) groups excluding carboxylic acids is 1. The van der Waals surface area contributed by atoms with Crippen molar-refractivity contribution < 1.29 is 9.90 Å². The summed E-state index contributed by atoms with van der Waals surface area (Å²) in [5.74, 6) is 1.42. The van der Waals surface area contributed by atoms with Gasteiger partial charge < -0.3 is 15.7 Å². The minimum Gasteiger partial charge on any atom is -0.388 e. The summed E-state index contributed by atoms with van der Waals surface area (Å²) in [7, 11) is 3.95. The van der Waals surface area contributed by atoms with Crippen molar-refractivity contribution in [1.29, 1.82) is 0 Å². The van der Waals surface area contributed by atoms with Gasteiger partial charge in [-0.2, -0.15) is 0 Å². The maximum Gasteiger partial charge on any atom is 0.224 e. The van der Waals surface area contributed by atoms with Gasteiger partial charge in [-0.15, -0.1) is 0 Å². The van der Waals surface area contributed by atoms with Gasteiger partial charge in [0.15, 0.2) is 0 Å². The number of aliphatic hydroxyl groups excluding tert-OH is 1. The Hall–Kier alpha value is -3.33. The predicted octanol–water partition coefficient (Wildman–Crippen LogP) is 7.80. The summed E-state index contributed by atoms with van der Waals surface area (Å²) >= 11 is 0. The molecule has 0 saturated carbocycles. The first kappa shape index (κ1) is 29.2. The number of aromatic nitrogens is 2. The summed E-state index contributed by atoms with van der Waals surface area (Å²) in [5, 5.41) is 19.3. The van der Waals surface area contributed by atoms with E-state index in [1.807, 2.05) is 113 Å². The van der Waals surface area contributed by atoms with Crippen LogP contribution in [0.5, 0.6) is 0 Å². The molecule has 8 heteroatoms. The Balaban J connectivity index is 1.44. The van der Waals surface area contributed by atoms with Crippen LogP contribution in [0.4, 0.5) is 11.5 Å². The number of hydrogen-bond acceptors (Lipinski definition) is 7. The number of benzene rings is 2. The lowest BCUT2D eigenvalue weighted by Gasteiger charge is -2.33. The first-order chi connectivity index (χ1) is 20.2. The van der Waals surface area contributed by atoms with E-state index in [0.29, 0.717) is 12.2 Å². The van der Waals surface area contributed by atoms with Crippen LogP contribution in [0.25, 0.3) is 0 Å². The molecule has 41 heavy (non-hydrogen) atoms. The number of para-hydroxylation sites is 1. The number of rotatable bonds is 13. The highest BCUT2D eigenvalue weighted by molar-refractivity contribution is 8.77. The Bertz CT molecular complexity index is 1360. The Morgan fingerprint density at radius 2 is 1.66 bits per heavy atom. The highest BCUT2D eigenvalue weighted by Gasteiger charge is 2.35. The van der Waals surface area contributed by atoms with Crippen LogP contribution in [-0.2, 0) is 4.79 Å². The van der Waals surface area contributed by atoms with Gasteiger partial charge in [-0.25, -0.2) is 4.98 Å². The van der Waals surface area contributed by atoms with Crippen molar-refractivity contribution in [3.05, 3.63) is 120 Å². The van der Waals surface area contributed by atoms with E-state index in [1.54, 1.807) is 12.4 Å². The average Bonchev–Trinajstić information content (AvgIpc) is 3.54. The molecule has 0 bridgehead atoms. The smallest absolute Gasteiger partial charge is 0.224 e. The highest BCUT2D eigenvalue weighted by atomic mass is 33.1. The van der Waals surface area contributed by atoms with E-state index in [0.717, 1.165) is 40.6 Å². The first-order valence-electron chi connectivity index (χ1n) is 14.2. The van der Waals surface area contributed by atoms with Crippen molar-refractivity contribution in [3.8, 4) is 0 Å². The molecule has 2 aromatic heterocycles. The zero-order valence-corrected chi connectivity index (χ0v) is 24.6. The minimum absolute atomic E-state index is 0.000445. The zero-order chi connectivity index (χ0) is 28.3. The van der Waals surface area contributed by atoms with Crippen LogP contribution in [0.15, 0.2) is 103 Å². The van der Waals surface area contributed by atoms with Crippen molar-refractivity contribution >= 4 is 39.0 Å². The van der Waals surface area contributed by atoms with Gasteiger partial charge in [-0.1, -0.05) is 88.7 Å². The van der Waals surface area contributed by atoms with Crippen molar-refractivity contribution in [2.24, 2.45) is 0 Å². The SMILES string of the molecule is O=C(CCCCC1CCSS1)Nc1ccccc1C(Nc1ccccn1)C(c1ccccn1)C(O)c1ccccc1. The lowest BCUT2D eigenvalue weighted by Crippen LogP contribution is -2.27. The van der Waals surface area contributed by atoms with Gasteiger partial charge in [0.05, 0.1) is 18.1 Å². The van der Waals surface area contributed by atoms with E-state index in [1.165, 1.54) is 18.6 Å². The van der Waals surface area contributed by atoms with E-state index in [-0.39, 0.29) is 5.91 Å². The fourth-order valence-corrected chi connectivity index (χ4v) is 8.26. The maximum absolute atomic E-state index is 13.1. The third-order valence-corrected chi connectivity index (χ3v) is 10.3. The number of anilines is 2. The van der Waals surface area contributed by atoms with Crippen LogP contribution in [0.3, 0.4) is 0 Å². The molecule has 1 aliphatic rings. The second kappa shape index (κ2) is 15.1. The summed E-state index contributed by atoms with van der Waals surface area (Å²) in [5.41, 5.74) is 3.10. The topological polar surface area (TPSA) is 87.1 Å². The quantitative estimate of drug-likeness (QED) is 0.109. The van der Waals surface area contributed by atoms with Gasteiger partial charge in [0, 0.05) is 41.2 Å². The molecule has 212 valence electrons. The summed E-state index contributed by atoms with van der Waals surface area (Å²) in [6.07, 6.45) is 7.45. The van der Waals surface area contributed by atoms with Crippen LogP contribution in [0.2, 0.25) is 0 Å². The minimum atomic E-state index is -0.873. The number of amides is 1. The van der Waals surface area contributed by atoms with Gasteiger partial charge in [0.1, 0.15) is 5.82 Å².